The molecule has 1 aromatic heterocycles. The second kappa shape index (κ2) is 6.50. The largest absolute Gasteiger partial charge is 0.487 e. The van der Waals surface area contributed by atoms with Gasteiger partial charge in [-0.1, -0.05) is 0 Å². The lowest BCUT2D eigenvalue weighted by Gasteiger charge is -2.41. The zero-order valence-electron chi connectivity index (χ0n) is 14.7. The predicted molar refractivity (Wildman–Crippen MR) is 93.4 cm³/mol. The summed E-state index contributed by atoms with van der Waals surface area (Å²) in [6.45, 7) is -0.355. The van der Waals surface area contributed by atoms with Crippen molar-refractivity contribution in [1.29, 1.82) is 0 Å². The van der Waals surface area contributed by atoms with Crippen LogP contribution in [0.25, 0.3) is 11.0 Å². The van der Waals surface area contributed by atoms with E-state index >= 15 is 0 Å². The number of aromatic nitrogens is 2. The lowest BCUT2D eigenvalue weighted by molar-refractivity contribution is -0.124. The minimum atomic E-state index is -3.13. The van der Waals surface area contributed by atoms with Crippen LogP contribution in [0.5, 0.6) is 5.75 Å². The van der Waals surface area contributed by atoms with Crippen molar-refractivity contribution in [3.8, 4) is 5.75 Å². The van der Waals surface area contributed by atoms with E-state index < -0.39 is 30.2 Å². The summed E-state index contributed by atoms with van der Waals surface area (Å²) in [7, 11) is 0. The van der Waals surface area contributed by atoms with Gasteiger partial charge in [-0.05, 0) is 18.2 Å². The minimum Gasteiger partial charge on any atom is -0.487 e. The Morgan fingerprint density at radius 1 is 1.25 bits per heavy atom. The van der Waals surface area contributed by atoms with Gasteiger partial charge in [-0.15, -0.1) is 0 Å². The highest BCUT2D eigenvalue weighted by Gasteiger charge is 2.41. The molecule has 1 aliphatic rings. The highest BCUT2D eigenvalue weighted by atomic mass is 19.3. The van der Waals surface area contributed by atoms with E-state index in [9.17, 15) is 22.4 Å². The number of fused-ring (bicyclic) bond motifs is 1. The highest BCUT2D eigenvalue weighted by molar-refractivity contribution is 6.02. The Labute approximate surface area is 156 Å². The van der Waals surface area contributed by atoms with E-state index in [1.807, 2.05) is 0 Å². The molecule has 5 nitrogen and oxygen atoms in total. The van der Waals surface area contributed by atoms with Crippen LogP contribution < -0.4 is 9.64 Å². The predicted octanol–water partition coefficient (Wildman–Crippen LogP) is 4.35. The van der Waals surface area contributed by atoms with Crippen molar-refractivity contribution in [3.63, 3.8) is 0 Å². The number of rotatable bonds is 5. The summed E-state index contributed by atoms with van der Waals surface area (Å²) in [5.74, 6) is -5.67. The first-order valence-corrected chi connectivity index (χ1v) is 8.48. The third-order valence-corrected chi connectivity index (χ3v) is 4.51. The van der Waals surface area contributed by atoms with E-state index in [0.29, 0.717) is 23.6 Å². The van der Waals surface area contributed by atoms with Gasteiger partial charge in [0, 0.05) is 30.3 Å². The molecule has 1 fully saturated rings. The topological polar surface area (TPSA) is 58.2 Å². The van der Waals surface area contributed by atoms with Crippen molar-refractivity contribution in [2.45, 2.75) is 25.3 Å². The molecule has 2 heterocycles. The molecule has 9 heteroatoms. The number of carbonyl (C=O) groups excluding carboxylic acids is 1. The van der Waals surface area contributed by atoms with Crippen LogP contribution in [0, 0.1) is 11.6 Å². The van der Waals surface area contributed by atoms with Gasteiger partial charge in [0.1, 0.15) is 17.4 Å². The number of nitrogens with one attached hydrogen (secondary N) is 1. The lowest BCUT2D eigenvalue weighted by Crippen LogP contribution is -2.47. The van der Waals surface area contributed by atoms with Crippen molar-refractivity contribution in [3.05, 3.63) is 53.9 Å². The smallest absolute Gasteiger partial charge is 0.278 e. The summed E-state index contributed by atoms with van der Waals surface area (Å²) >= 11 is 0. The molecule has 3 aromatic rings. The van der Waals surface area contributed by atoms with Crippen molar-refractivity contribution in [2.75, 3.05) is 11.5 Å². The fourth-order valence-corrected chi connectivity index (χ4v) is 3.22. The number of amides is 1. The highest BCUT2D eigenvalue weighted by Crippen LogP contribution is 2.42. The normalized spacial score (nSPS) is 17.1. The van der Waals surface area contributed by atoms with Gasteiger partial charge in [-0.2, -0.15) is 0 Å². The molecule has 146 valence electrons. The Morgan fingerprint density at radius 3 is 2.61 bits per heavy atom. The monoisotopic (exact) mass is 393 g/mol. The molecular formula is C19H15F4N3O2. The summed E-state index contributed by atoms with van der Waals surface area (Å²) in [6.07, 6.45) is 1.43. The Bertz CT molecular complexity index is 1040. The number of alkyl halides is 2. The van der Waals surface area contributed by atoms with Crippen molar-refractivity contribution >= 4 is 22.6 Å². The third-order valence-electron chi connectivity index (χ3n) is 4.51. The molecule has 0 radical (unpaired) electrons. The number of benzene rings is 2. The van der Waals surface area contributed by atoms with Crippen LogP contribution in [-0.2, 0) is 4.79 Å². The van der Waals surface area contributed by atoms with Crippen LogP contribution in [0.3, 0.4) is 0 Å². The first kappa shape index (κ1) is 18.3. The number of β-lactam (4-membered cyclic amide) rings is 1. The average molecular weight is 393 g/mol. The van der Waals surface area contributed by atoms with Crippen LogP contribution in [0.1, 0.15) is 24.9 Å². The quantitative estimate of drug-likeness (QED) is 0.518. The summed E-state index contributed by atoms with van der Waals surface area (Å²) in [6, 6.07) is 5.87. The van der Waals surface area contributed by atoms with Gasteiger partial charge in [0.25, 0.3) is 5.92 Å². The molecule has 1 amide bonds. The zero-order chi connectivity index (χ0) is 20.1. The number of hydrogen-bond acceptors (Lipinski definition) is 3. The summed E-state index contributed by atoms with van der Waals surface area (Å²) in [4.78, 5) is 20.4. The average Bonchev–Trinajstić information content (AvgIpc) is 3.05. The van der Waals surface area contributed by atoms with E-state index in [0.717, 1.165) is 12.1 Å². The van der Waals surface area contributed by atoms with E-state index in [1.165, 1.54) is 11.2 Å². The Hall–Kier alpha value is -3.10. The second-order valence-corrected chi connectivity index (χ2v) is 6.75. The number of nitrogens with zero attached hydrogens (tertiary/aromatic N) is 2. The summed E-state index contributed by atoms with van der Waals surface area (Å²) in [5, 5.41) is 0. The maximum atomic E-state index is 14.6. The van der Waals surface area contributed by atoms with Crippen LogP contribution in [0.4, 0.5) is 23.2 Å². The lowest BCUT2D eigenvalue weighted by atomic mass is 9.92. The van der Waals surface area contributed by atoms with Gasteiger partial charge in [-0.3, -0.25) is 4.79 Å². The molecule has 1 saturated heterocycles. The Kier molecular flexibility index (Phi) is 4.24. The number of ether oxygens (including phenoxy) is 1. The minimum absolute atomic E-state index is 0.0674. The van der Waals surface area contributed by atoms with E-state index in [2.05, 4.69) is 9.97 Å². The number of anilines is 1. The van der Waals surface area contributed by atoms with Gasteiger partial charge in [0.05, 0.1) is 29.8 Å². The molecule has 1 N–H and O–H groups in total. The third kappa shape index (κ3) is 3.28. The second-order valence-electron chi connectivity index (χ2n) is 6.75. The molecule has 0 spiro atoms. The molecule has 1 aliphatic heterocycles. The molecule has 2 aromatic carbocycles. The number of hydrogen-bond donors (Lipinski definition) is 1. The molecule has 0 aliphatic carbocycles. The summed E-state index contributed by atoms with van der Waals surface area (Å²) in [5.41, 5.74) is 1.55. The van der Waals surface area contributed by atoms with Crippen LogP contribution in [-0.4, -0.2) is 28.4 Å². The molecular weight excluding hydrogens is 378 g/mol. The number of aromatic amines is 1. The molecule has 28 heavy (non-hydrogen) atoms. The van der Waals surface area contributed by atoms with E-state index in [4.69, 9.17) is 4.74 Å². The molecule has 0 saturated carbocycles. The number of H-pyrrole nitrogens is 1. The van der Waals surface area contributed by atoms with Gasteiger partial charge in [0.2, 0.25) is 5.91 Å². The first-order chi connectivity index (χ1) is 13.2. The van der Waals surface area contributed by atoms with Crippen LogP contribution in [0.2, 0.25) is 0 Å². The molecule has 1 atom stereocenters. The first-order valence-electron chi connectivity index (χ1n) is 8.48. The van der Waals surface area contributed by atoms with E-state index in [-0.39, 0.29) is 23.6 Å². The number of halogens is 4. The number of imidazole rings is 1. The van der Waals surface area contributed by atoms with Crippen LogP contribution in [0.15, 0.2) is 36.7 Å². The fourth-order valence-electron chi connectivity index (χ4n) is 3.22. The van der Waals surface area contributed by atoms with Gasteiger partial charge < -0.3 is 14.6 Å². The Morgan fingerprint density at radius 2 is 1.96 bits per heavy atom. The maximum absolute atomic E-state index is 14.6. The molecule has 0 bridgehead atoms. The van der Waals surface area contributed by atoms with E-state index in [1.54, 1.807) is 18.2 Å². The van der Waals surface area contributed by atoms with Gasteiger partial charge >= 0.3 is 0 Å². The van der Waals surface area contributed by atoms with Gasteiger partial charge in [0.15, 0.2) is 6.61 Å². The SMILES string of the molecule is CC(F)(F)COc1cc(F)c(C2CC(=O)N2c2ccc3nc[nH]c3c2)c(F)c1. The standard InChI is InChI=1S/C19H15F4N3O2/c1-19(22,23)8-28-11-5-12(20)18(13(21)6-11)16-7-17(27)26(16)10-2-3-14-15(4-10)25-9-24-14/h2-6,9,16H,7-8H2,1H3,(H,24,25). The Balaban J connectivity index is 1.63. The number of carbonyl (C=O) groups is 1. The maximum Gasteiger partial charge on any atom is 0.278 e. The summed E-state index contributed by atoms with van der Waals surface area (Å²) < 4.78 is 59.7. The van der Waals surface area contributed by atoms with Crippen molar-refractivity contribution in [2.24, 2.45) is 0 Å². The van der Waals surface area contributed by atoms with Gasteiger partial charge in [-0.25, -0.2) is 22.5 Å². The molecule has 4 rings (SSSR count). The fraction of sp³-hybridized carbons (Fsp3) is 0.263. The molecule has 1 unspecified atom stereocenters. The van der Waals surface area contributed by atoms with Crippen LogP contribution >= 0.6 is 0 Å². The van der Waals surface area contributed by atoms with Crippen molar-refractivity contribution in [1.82, 2.24) is 9.97 Å². The zero-order valence-corrected chi connectivity index (χ0v) is 14.7. The van der Waals surface area contributed by atoms with Crippen molar-refractivity contribution < 1.29 is 27.1 Å².